The molecule has 1 atom stereocenters. The molecule has 0 aliphatic carbocycles. The molecule has 1 aromatic heterocycles. The summed E-state index contributed by atoms with van der Waals surface area (Å²) in [5.41, 5.74) is 3.51. The van der Waals surface area contributed by atoms with Gasteiger partial charge in [-0.1, -0.05) is 17.7 Å². The number of rotatable bonds is 1. The number of hydrogen-bond donors (Lipinski definition) is 1. The van der Waals surface area contributed by atoms with Gasteiger partial charge in [0.25, 0.3) is 0 Å². The van der Waals surface area contributed by atoms with Crippen molar-refractivity contribution in [1.82, 2.24) is 9.88 Å². The van der Waals surface area contributed by atoms with Crippen molar-refractivity contribution in [2.75, 3.05) is 13.3 Å². The van der Waals surface area contributed by atoms with E-state index in [9.17, 15) is 4.79 Å². The van der Waals surface area contributed by atoms with Crippen molar-refractivity contribution in [2.45, 2.75) is 38.8 Å². The third-order valence-electron chi connectivity index (χ3n) is 5.43. The molecule has 7 heteroatoms. The minimum Gasteiger partial charge on any atom is -0.454 e. The number of carbonyl (C=O) groups is 1. The third kappa shape index (κ3) is 3.25. The zero-order chi connectivity index (χ0) is 21.0. The number of aromatic nitrogens is 1. The van der Waals surface area contributed by atoms with E-state index in [-0.39, 0.29) is 18.9 Å². The lowest BCUT2D eigenvalue weighted by Crippen LogP contribution is -2.43. The van der Waals surface area contributed by atoms with Crippen molar-refractivity contribution < 1.29 is 19.0 Å². The van der Waals surface area contributed by atoms with Crippen LogP contribution in [-0.2, 0) is 11.2 Å². The van der Waals surface area contributed by atoms with E-state index >= 15 is 0 Å². The summed E-state index contributed by atoms with van der Waals surface area (Å²) in [4.78, 5) is 18.4. The lowest BCUT2D eigenvalue weighted by Gasteiger charge is -2.37. The molecule has 2 aromatic carbocycles. The van der Waals surface area contributed by atoms with E-state index in [4.69, 9.17) is 25.8 Å². The summed E-state index contributed by atoms with van der Waals surface area (Å²) >= 11 is 6.26. The van der Waals surface area contributed by atoms with Crippen LogP contribution in [-0.4, -0.2) is 34.9 Å². The number of aromatic amines is 1. The molecule has 3 heterocycles. The van der Waals surface area contributed by atoms with Gasteiger partial charge in [0.1, 0.15) is 11.6 Å². The Morgan fingerprint density at radius 3 is 2.77 bits per heavy atom. The van der Waals surface area contributed by atoms with Gasteiger partial charge in [0, 0.05) is 28.2 Å². The fourth-order valence-electron chi connectivity index (χ4n) is 4.21. The first kappa shape index (κ1) is 19.1. The molecular formula is C23H23ClN2O4. The van der Waals surface area contributed by atoms with Gasteiger partial charge in [-0.05, 0) is 68.7 Å². The Morgan fingerprint density at radius 2 is 1.97 bits per heavy atom. The highest BCUT2D eigenvalue weighted by Gasteiger charge is 2.37. The van der Waals surface area contributed by atoms with Crippen LogP contribution in [0, 0.1) is 0 Å². The maximum Gasteiger partial charge on any atom is 0.411 e. The molecule has 1 amide bonds. The van der Waals surface area contributed by atoms with E-state index < -0.39 is 5.60 Å². The molecule has 0 spiro atoms. The fraction of sp³-hybridized carbons (Fsp3) is 0.348. The molecule has 0 radical (unpaired) electrons. The van der Waals surface area contributed by atoms with E-state index in [1.807, 2.05) is 57.2 Å². The zero-order valence-corrected chi connectivity index (χ0v) is 17.9. The summed E-state index contributed by atoms with van der Waals surface area (Å²) in [6, 6.07) is 11.3. The summed E-state index contributed by atoms with van der Waals surface area (Å²) < 4.78 is 16.8. The normalized spacial score (nSPS) is 17.9. The largest absolute Gasteiger partial charge is 0.454 e. The summed E-state index contributed by atoms with van der Waals surface area (Å²) in [7, 11) is 0. The third-order valence-corrected chi connectivity index (χ3v) is 5.66. The maximum atomic E-state index is 13.1. The molecule has 0 saturated heterocycles. The minimum atomic E-state index is -0.579. The lowest BCUT2D eigenvalue weighted by atomic mass is 9.92. The second-order valence-corrected chi connectivity index (χ2v) is 9.08. The highest BCUT2D eigenvalue weighted by atomic mass is 35.5. The summed E-state index contributed by atoms with van der Waals surface area (Å²) in [5, 5.41) is 1.78. The molecular weight excluding hydrogens is 404 g/mol. The summed E-state index contributed by atoms with van der Waals surface area (Å²) in [6.45, 7) is 6.37. The average molecular weight is 427 g/mol. The summed E-state index contributed by atoms with van der Waals surface area (Å²) in [6.07, 6.45) is 0.378. The van der Waals surface area contributed by atoms with Crippen LogP contribution in [0.5, 0.6) is 11.5 Å². The quantitative estimate of drug-likeness (QED) is 0.563. The number of halogens is 1. The molecule has 5 rings (SSSR count). The number of hydrogen-bond acceptors (Lipinski definition) is 4. The van der Waals surface area contributed by atoms with Crippen molar-refractivity contribution in [2.24, 2.45) is 0 Å². The average Bonchev–Trinajstić information content (AvgIpc) is 3.29. The molecule has 6 nitrogen and oxygen atoms in total. The van der Waals surface area contributed by atoms with Crippen LogP contribution >= 0.6 is 11.6 Å². The van der Waals surface area contributed by atoms with Crippen molar-refractivity contribution in [3.8, 4) is 11.5 Å². The molecule has 3 aromatic rings. The van der Waals surface area contributed by atoms with Gasteiger partial charge >= 0.3 is 6.09 Å². The van der Waals surface area contributed by atoms with Crippen LogP contribution in [0.25, 0.3) is 10.9 Å². The van der Waals surface area contributed by atoms with Gasteiger partial charge < -0.3 is 19.2 Å². The predicted octanol–water partition coefficient (Wildman–Crippen LogP) is 5.43. The van der Waals surface area contributed by atoms with Gasteiger partial charge in [-0.15, -0.1) is 0 Å². The number of amides is 1. The number of nitrogens with zero attached hydrogens (tertiary/aromatic N) is 1. The van der Waals surface area contributed by atoms with Crippen LogP contribution in [0.4, 0.5) is 4.79 Å². The Bertz CT molecular complexity index is 1150. The predicted molar refractivity (Wildman–Crippen MR) is 114 cm³/mol. The van der Waals surface area contributed by atoms with E-state index in [2.05, 4.69) is 4.98 Å². The first-order valence-corrected chi connectivity index (χ1v) is 10.4. The maximum absolute atomic E-state index is 13.1. The lowest BCUT2D eigenvalue weighted by molar-refractivity contribution is 0.0175. The summed E-state index contributed by atoms with van der Waals surface area (Å²) in [5.74, 6) is 1.39. The number of benzene rings is 2. The number of nitrogens with one attached hydrogen (secondary N) is 1. The van der Waals surface area contributed by atoms with E-state index in [1.54, 1.807) is 4.90 Å². The van der Waals surface area contributed by atoms with Gasteiger partial charge in [-0.3, -0.25) is 4.90 Å². The van der Waals surface area contributed by atoms with Crippen molar-refractivity contribution >= 4 is 28.6 Å². The SMILES string of the molecule is CC(C)(C)OC(=O)N1CCc2c([nH]c3ccc(Cl)cc23)C1c1ccc2c(c1)OCO2. The van der Waals surface area contributed by atoms with Gasteiger partial charge in [0.05, 0.1) is 0 Å². The highest BCUT2D eigenvalue weighted by Crippen LogP contribution is 2.42. The first-order valence-electron chi connectivity index (χ1n) is 9.99. The molecule has 0 saturated carbocycles. The fourth-order valence-corrected chi connectivity index (χ4v) is 4.38. The Kier molecular flexibility index (Phi) is 4.36. The zero-order valence-electron chi connectivity index (χ0n) is 17.1. The van der Waals surface area contributed by atoms with Gasteiger partial charge in [-0.25, -0.2) is 4.79 Å². The molecule has 156 valence electrons. The number of ether oxygens (including phenoxy) is 3. The van der Waals surface area contributed by atoms with Crippen molar-refractivity contribution in [3.05, 3.63) is 58.2 Å². The first-order chi connectivity index (χ1) is 14.3. The van der Waals surface area contributed by atoms with Gasteiger partial charge in [0.2, 0.25) is 6.79 Å². The van der Waals surface area contributed by atoms with E-state index in [1.165, 1.54) is 5.56 Å². The monoisotopic (exact) mass is 426 g/mol. The Labute approximate surface area is 179 Å². The van der Waals surface area contributed by atoms with Crippen LogP contribution < -0.4 is 9.47 Å². The van der Waals surface area contributed by atoms with Crippen molar-refractivity contribution in [3.63, 3.8) is 0 Å². The van der Waals surface area contributed by atoms with Gasteiger partial charge in [-0.2, -0.15) is 0 Å². The second-order valence-electron chi connectivity index (χ2n) is 8.65. The van der Waals surface area contributed by atoms with Crippen LogP contribution in [0.2, 0.25) is 5.02 Å². The Hall–Kier alpha value is -2.86. The molecule has 1 N–H and O–H groups in total. The number of H-pyrrole nitrogens is 1. The van der Waals surface area contributed by atoms with Crippen molar-refractivity contribution in [1.29, 1.82) is 0 Å². The van der Waals surface area contributed by atoms with Crippen LogP contribution in [0.1, 0.15) is 43.6 Å². The number of carbonyl (C=O) groups excluding carboxylic acids is 1. The van der Waals surface area contributed by atoms with E-state index in [0.717, 1.165) is 28.6 Å². The topological polar surface area (TPSA) is 63.8 Å². The Morgan fingerprint density at radius 1 is 1.17 bits per heavy atom. The Balaban J connectivity index is 1.65. The number of fused-ring (bicyclic) bond motifs is 4. The van der Waals surface area contributed by atoms with Crippen LogP contribution in [0.15, 0.2) is 36.4 Å². The standard InChI is InChI=1S/C23H23ClN2O4/c1-23(2,3)30-22(27)26-9-8-15-16-11-14(24)5-6-17(16)25-20(15)21(26)13-4-7-18-19(10-13)29-12-28-18/h4-7,10-11,21,25H,8-9,12H2,1-3H3. The van der Waals surface area contributed by atoms with Gasteiger partial charge in [0.15, 0.2) is 11.5 Å². The smallest absolute Gasteiger partial charge is 0.411 e. The second kappa shape index (κ2) is 6.84. The van der Waals surface area contributed by atoms with E-state index in [0.29, 0.717) is 23.1 Å². The van der Waals surface area contributed by atoms with Crippen LogP contribution in [0.3, 0.4) is 0 Å². The molecule has 0 bridgehead atoms. The molecule has 0 fully saturated rings. The molecule has 30 heavy (non-hydrogen) atoms. The molecule has 2 aliphatic heterocycles. The minimum absolute atomic E-state index is 0.204. The highest BCUT2D eigenvalue weighted by molar-refractivity contribution is 6.31. The molecule has 2 aliphatic rings. The molecule has 1 unspecified atom stereocenters.